The first-order valence-electron chi connectivity index (χ1n) is 21.0. The lowest BCUT2D eigenvalue weighted by atomic mass is 9.94. The molecule has 0 radical (unpaired) electrons. The van der Waals surface area contributed by atoms with Gasteiger partial charge in [-0.2, -0.15) is 0 Å². The predicted molar refractivity (Wildman–Crippen MR) is 268 cm³/mol. The zero-order valence-corrected chi connectivity index (χ0v) is 35.0. The van der Waals surface area contributed by atoms with E-state index in [0.29, 0.717) is 0 Å². The number of anilines is 3. The Morgan fingerprint density at radius 2 is 0.855 bits per heavy atom. The molecule has 3 heterocycles. The summed E-state index contributed by atoms with van der Waals surface area (Å²) in [7, 11) is 0. The van der Waals surface area contributed by atoms with Gasteiger partial charge in [0.1, 0.15) is 5.58 Å². The molecule has 0 spiro atoms. The van der Waals surface area contributed by atoms with Crippen LogP contribution in [0.1, 0.15) is 0 Å². The third-order valence-corrected chi connectivity index (χ3v) is 14.9. The van der Waals surface area contributed by atoms with Crippen LogP contribution in [0.3, 0.4) is 0 Å². The maximum atomic E-state index is 7.35. The van der Waals surface area contributed by atoms with Crippen molar-refractivity contribution < 1.29 is 4.42 Å². The van der Waals surface area contributed by atoms with Gasteiger partial charge in [-0.1, -0.05) is 164 Å². The molecular formula is C58H35NOS2. The van der Waals surface area contributed by atoms with E-state index in [0.717, 1.165) is 44.6 Å². The predicted octanol–water partition coefficient (Wildman–Crippen LogP) is 17.9. The summed E-state index contributed by atoms with van der Waals surface area (Å²) in [6, 6.07) is 77.1. The highest BCUT2D eigenvalue weighted by Crippen LogP contribution is 2.49. The Labute approximate surface area is 365 Å². The van der Waals surface area contributed by atoms with Gasteiger partial charge in [-0.05, 0) is 81.6 Å². The van der Waals surface area contributed by atoms with Crippen LogP contribution in [0.2, 0.25) is 0 Å². The molecule has 0 N–H and O–H groups in total. The van der Waals surface area contributed by atoms with E-state index in [2.05, 4.69) is 217 Å². The largest absolute Gasteiger partial charge is 0.453 e. The summed E-state index contributed by atoms with van der Waals surface area (Å²) in [5, 5.41) is 9.76. The second-order valence-corrected chi connectivity index (χ2v) is 18.1. The van der Waals surface area contributed by atoms with Crippen LogP contribution >= 0.6 is 22.7 Å². The maximum absolute atomic E-state index is 7.35. The monoisotopic (exact) mass is 825 g/mol. The number of hydrogen-bond donors (Lipinski definition) is 0. The van der Waals surface area contributed by atoms with Crippen LogP contribution < -0.4 is 4.90 Å². The van der Waals surface area contributed by atoms with E-state index in [1.54, 1.807) is 0 Å². The van der Waals surface area contributed by atoms with Crippen LogP contribution in [0, 0.1) is 0 Å². The molecule has 0 fully saturated rings. The molecule has 0 unspecified atom stereocenters. The first kappa shape index (κ1) is 35.3. The Morgan fingerprint density at radius 3 is 1.55 bits per heavy atom. The second kappa shape index (κ2) is 14.0. The number of furan rings is 1. The van der Waals surface area contributed by atoms with Crippen LogP contribution in [-0.4, -0.2) is 0 Å². The number of hydrogen-bond acceptors (Lipinski definition) is 4. The van der Waals surface area contributed by atoms with E-state index in [4.69, 9.17) is 4.42 Å². The van der Waals surface area contributed by atoms with Crippen LogP contribution in [-0.2, 0) is 0 Å². The summed E-state index contributed by atoms with van der Waals surface area (Å²) in [4.78, 5) is 2.36. The molecule has 0 saturated carbocycles. The number of rotatable bonds is 6. The molecule has 290 valence electrons. The summed E-state index contributed by atoms with van der Waals surface area (Å²) in [5.41, 5.74) is 12.0. The molecular weight excluding hydrogens is 791 g/mol. The fraction of sp³-hybridized carbons (Fsp3) is 0. The van der Waals surface area contributed by atoms with Crippen LogP contribution in [0.5, 0.6) is 0 Å². The molecule has 0 aliphatic rings. The van der Waals surface area contributed by atoms with Crippen molar-refractivity contribution in [1.82, 2.24) is 0 Å². The van der Waals surface area contributed by atoms with Crippen molar-refractivity contribution >= 4 is 113 Å². The van der Waals surface area contributed by atoms with E-state index >= 15 is 0 Å². The van der Waals surface area contributed by atoms with Crippen molar-refractivity contribution in [2.45, 2.75) is 0 Å². The summed E-state index contributed by atoms with van der Waals surface area (Å²) in [5.74, 6) is 0. The van der Waals surface area contributed by atoms with Crippen LogP contribution in [0.25, 0.3) is 106 Å². The number of fused-ring (bicyclic) bond motifs is 10. The number of thiophene rings is 2. The van der Waals surface area contributed by atoms with Crippen molar-refractivity contribution in [2.24, 2.45) is 0 Å². The highest BCUT2D eigenvalue weighted by atomic mass is 32.1. The summed E-state index contributed by atoms with van der Waals surface area (Å²) >= 11 is 3.73. The smallest absolute Gasteiger partial charge is 0.159 e. The number of benzene rings is 10. The molecule has 0 saturated heterocycles. The van der Waals surface area contributed by atoms with Gasteiger partial charge in [0.15, 0.2) is 5.58 Å². The van der Waals surface area contributed by atoms with Crippen molar-refractivity contribution in [2.75, 3.05) is 4.90 Å². The Bertz CT molecular complexity index is 3860. The summed E-state index contributed by atoms with van der Waals surface area (Å²) in [6.07, 6.45) is 0. The van der Waals surface area contributed by atoms with Crippen molar-refractivity contribution in [1.29, 1.82) is 0 Å². The maximum Gasteiger partial charge on any atom is 0.159 e. The fourth-order valence-corrected chi connectivity index (χ4v) is 12.1. The average molecular weight is 826 g/mol. The van der Waals surface area contributed by atoms with Gasteiger partial charge < -0.3 is 9.32 Å². The topological polar surface area (TPSA) is 16.4 Å². The van der Waals surface area contributed by atoms with E-state index in [1.165, 1.54) is 78.9 Å². The minimum absolute atomic E-state index is 0.855. The summed E-state index contributed by atoms with van der Waals surface area (Å²) < 4.78 is 12.5. The van der Waals surface area contributed by atoms with Gasteiger partial charge in [-0.3, -0.25) is 0 Å². The molecule has 62 heavy (non-hydrogen) atoms. The van der Waals surface area contributed by atoms with Crippen molar-refractivity contribution in [3.63, 3.8) is 0 Å². The van der Waals surface area contributed by atoms with Gasteiger partial charge >= 0.3 is 0 Å². The average Bonchev–Trinajstić information content (AvgIpc) is 4.04. The molecule has 0 bridgehead atoms. The normalized spacial score (nSPS) is 11.9. The Kier molecular flexibility index (Phi) is 7.99. The zero-order valence-electron chi connectivity index (χ0n) is 33.4. The third-order valence-electron chi connectivity index (χ3n) is 12.5. The minimum atomic E-state index is 0.855. The lowest BCUT2D eigenvalue weighted by molar-refractivity contribution is 0.670. The molecule has 10 aromatic carbocycles. The van der Waals surface area contributed by atoms with Gasteiger partial charge in [0.05, 0.1) is 5.69 Å². The highest BCUT2D eigenvalue weighted by Gasteiger charge is 2.24. The number of para-hydroxylation sites is 1. The molecule has 0 amide bonds. The SMILES string of the molecule is c1ccc(-c2ccc(N(c3ccc(-c4cccc5c4sc4ccccc45)cc3)c3cccc4c3oc3c(-c5cccc6c5sc5ccccc56)c5ccccc5cc34)cc2)cc1. The second-order valence-electron chi connectivity index (χ2n) is 16.0. The zero-order chi connectivity index (χ0) is 40.7. The van der Waals surface area contributed by atoms with Gasteiger partial charge in [0.2, 0.25) is 0 Å². The highest BCUT2D eigenvalue weighted by molar-refractivity contribution is 7.26. The standard InChI is InChI=1S/C58H35NOS2/c1-2-13-36(14-3-1)37-27-31-40(32-28-37)59(41-33-29-38(30-34-41)43-19-10-21-47-44-17-6-8-25-52(44)61-57(43)47)51-24-12-20-46-50-35-39-15-4-5-16-42(39)54(56(50)60-55(46)51)49-23-11-22-48-45-18-7-9-26-53(45)62-58(48)49/h1-35H. The lowest BCUT2D eigenvalue weighted by Crippen LogP contribution is -2.10. The minimum Gasteiger partial charge on any atom is -0.453 e. The molecule has 4 heteroatoms. The van der Waals surface area contributed by atoms with Gasteiger partial charge in [-0.15, -0.1) is 22.7 Å². The molecule has 0 aliphatic heterocycles. The molecule has 2 nitrogen and oxygen atoms in total. The fourth-order valence-electron chi connectivity index (χ4n) is 9.59. The van der Waals surface area contributed by atoms with E-state index in [1.807, 2.05) is 22.7 Å². The van der Waals surface area contributed by atoms with Crippen molar-refractivity contribution in [3.8, 4) is 33.4 Å². The molecule has 0 atom stereocenters. The van der Waals surface area contributed by atoms with E-state index in [-0.39, 0.29) is 0 Å². The molecule has 13 rings (SSSR count). The quantitative estimate of drug-likeness (QED) is 0.166. The van der Waals surface area contributed by atoms with Crippen LogP contribution in [0.15, 0.2) is 217 Å². The Balaban J connectivity index is 1.03. The Morgan fingerprint density at radius 1 is 0.339 bits per heavy atom. The van der Waals surface area contributed by atoms with Gasteiger partial charge in [0, 0.05) is 73.6 Å². The summed E-state index contributed by atoms with van der Waals surface area (Å²) in [6.45, 7) is 0. The first-order valence-corrected chi connectivity index (χ1v) is 22.6. The first-order chi connectivity index (χ1) is 30.7. The van der Waals surface area contributed by atoms with Gasteiger partial charge in [-0.25, -0.2) is 0 Å². The third kappa shape index (κ3) is 5.47. The number of nitrogens with zero attached hydrogens (tertiary/aromatic N) is 1. The Hall–Kier alpha value is -7.50. The van der Waals surface area contributed by atoms with Gasteiger partial charge in [0.25, 0.3) is 0 Å². The van der Waals surface area contributed by atoms with Crippen molar-refractivity contribution in [3.05, 3.63) is 212 Å². The van der Waals surface area contributed by atoms with E-state index < -0.39 is 0 Å². The molecule has 0 aliphatic carbocycles. The lowest BCUT2D eigenvalue weighted by Gasteiger charge is -2.26. The van der Waals surface area contributed by atoms with E-state index in [9.17, 15) is 0 Å². The van der Waals surface area contributed by atoms with Crippen LogP contribution in [0.4, 0.5) is 17.1 Å². The molecule has 3 aromatic heterocycles. The molecule has 13 aromatic rings.